The predicted molar refractivity (Wildman–Crippen MR) is 69.1 cm³/mol. The molecule has 0 radical (unpaired) electrons. The zero-order valence-corrected chi connectivity index (χ0v) is 10.5. The molecule has 0 bridgehead atoms. The lowest BCUT2D eigenvalue weighted by Crippen LogP contribution is -2.47. The van der Waals surface area contributed by atoms with Crippen LogP contribution in [0.2, 0.25) is 0 Å². The van der Waals surface area contributed by atoms with Gasteiger partial charge in [-0.2, -0.15) is 5.26 Å². The maximum atomic E-state index is 9.17. The molecule has 2 atom stereocenters. The van der Waals surface area contributed by atoms with E-state index in [1.165, 1.54) is 38.5 Å². The van der Waals surface area contributed by atoms with Gasteiger partial charge in [-0.05, 0) is 31.6 Å². The highest BCUT2D eigenvalue weighted by atomic mass is 15.2. The van der Waals surface area contributed by atoms with E-state index in [-0.39, 0.29) is 0 Å². The Hall–Kier alpha value is -1.63. The molecule has 0 spiro atoms. The van der Waals surface area contributed by atoms with E-state index < -0.39 is 0 Å². The molecule has 18 heavy (non-hydrogen) atoms. The number of nitrogens with zero attached hydrogens (tertiary/aromatic N) is 4. The summed E-state index contributed by atoms with van der Waals surface area (Å²) in [6, 6.07) is 2.75. The minimum Gasteiger partial charge on any atom is -0.351 e. The second kappa shape index (κ2) is 4.93. The minimum absolute atomic E-state index is 0.476. The number of nitriles is 1. The number of rotatable bonds is 1. The number of hydrogen-bond donors (Lipinski definition) is 0. The fourth-order valence-electron chi connectivity index (χ4n) is 3.51. The lowest BCUT2D eigenvalue weighted by atomic mass is 9.78. The minimum atomic E-state index is 0.476. The molecule has 3 rings (SSSR count). The van der Waals surface area contributed by atoms with Crippen molar-refractivity contribution >= 4 is 5.82 Å². The van der Waals surface area contributed by atoms with Crippen molar-refractivity contribution in [1.82, 2.24) is 9.97 Å². The van der Waals surface area contributed by atoms with E-state index in [4.69, 9.17) is 5.26 Å². The van der Waals surface area contributed by atoms with Crippen LogP contribution in [0, 0.1) is 17.2 Å². The van der Waals surface area contributed by atoms with Gasteiger partial charge in [0.1, 0.15) is 6.07 Å². The summed E-state index contributed by atoms with van der Waals surface area (Å²) in [5, 5.41) is 9.17. The summed E-state index contributed by atoms with van der Waals surface area (Å²) in [5.41, 5.74) is 0.476. The standard InChI is InChI=1S/C14H18N4/c15-10-12-14(17-8-7-16-12)18-9-3-5-11-4-1-2-6-13(11)18/h7-8,11,13H,1-6,9H2. The van der Waals surface area contributed by atoms with Crippen LogP contribution in [0.5, 0.6) is 0 Å². The largest absolute Gasteiger partial charge is 0.351 e. The third-order valence-electron chi connectivity index (χ3n) is 4.30. The monoisotopic (exact) mass is 242 g/mol. The summed E-state index contributed by atoms with van der Waals surface area (Å²) in [5.74, 6) is 1.60. The quantitative estimate of drug-likeness (QED) is 0.759. The highest BCUT2D eigenvalue weighted by Crippen LogP contribution is 2.37. The van der Waals surface area contributed by atoms with Crippen LogP contribution in [-0.4, -0.2) is 22.6 Å². The Kier molecular flexibility index (Phi) is 3.14. The maximum Gasteiger partial charge on any atom is 0.183 e. The summed E-state index contributed by atoms with van der Waals surface area (Å²) in [7, 11) is 0. The predicted octanol–water partition coefficient (Wildman–Crippen LogP) is 2.51. The third kappa shape index (κ3) is 1.94. The topological polar surface area (TPSA) is 52.8 Å². The molecule has 1 aliphatic heterocycles. The summed E-state index contributed by atoms with van der Waals surface area (Å²) in [4.78, 5) is 10.9. The van der Waals surface area contributed by atoms with Gasteiger partial charge in [-0.25, -0.2) is 9.97 Å². The fraction of sp³-hybridized carbons (Fsp3) is 0.643. The van der Waals surface area contributed by atoms with E-state index >= 15 is 0 Å². The first-order chi connectivity index (χ1) is 8.90. The smallest absolute Gasteiger partial charge is 0.183 e. The van der Waals surface area contributed by atoms with Crippen molar-refractivity contribution in [3.05, 3.63) is 18.1 Å². The summed E-state index contributed by atoms with van der Waals surface area (Å²) in [6.45, 7) is 1.02. The van der Waals surface area contributed by atoms with Gasteiger partial charge in [0.25, 0.3) is 0 Å². The lowest BCUT2D eigenvalue weighted by Gasteiger charge is -2.44. The first-order valence-electron chi connectivity index (χ1n) is 6.88. The molecule has 1 aromatic rings. The molecule has 2 fully saturated rings. The molecule has 2 unspecified atom stereocenters. The Balaban J connectivity index is 1.92. The van der Waals surface area contributed by atoms with Crippen molar-refractivity contribution in [2.75, 3.05) is 11.4 Å². The van der Waals surface area contributed by atoms with Gasteiger partial charge >= 0.3 is 0 Å². The number of aromatic nitrogens is 2. The second-order valence-electron chi connectivity index (χ2n) is 5.29. The molecule has 4 heteroatoms. The molecule has 94 valence electrons. The van der Waals surface area contributed by atoms with Crippen molar-refractivity contribution in [2.24, 2.45) is 5.92 Å². The zero-order valence-electron chi connectivity index (χ0n) is 10.5. The van der Waals surface area contributed by atoms with Crippen LogP contribution in [0.4, 0.5) is 5.82 Å². The SMILES string of the molecule is N#Cc1nccnc1N1CCCC2CCCCC21. The molecule has 2 heterocycles. The Bertz CT molecular complexity index is 463. The Morgan fingerprint density at radius 3 is 2.78 bits per heavy atom. The summed E-state index contributed by atoms with van der Waals surface area (Å²) in [6.07, 6.45) is 11.1. The Morgan fingerprint density at radius 1 is 1.11 bits per heavy atom. The Morgan fingerprint density at radius 2 is 1.89 bits per heavy atom. The van der Waals surface area contributed by atoms with Crippen LogP contribution in [0.1, 0.15) is 44.2 Å². The highest BCUT2D eigenvalue weighted by molar-refractivity contribution is 5.50. The number of anilines is 1. The van der Waals surface area contributed by atoms with E-state index in [1.54, 1.807) is 12.4 Å². The van der Waals surface area contributed by atoms with Crippen molar-refractivity contribution < 1.29 is 0 Å². The van der Waals surface area contributed by atoms with Gasteiger partial charge in [0.05, 0.1) is 0 Å². The molecule has 0 N–H and O–H groups in total. The van der Waals surface area contributed by atoms with Crippen LogP contribution in [0.3, 0.4) is 0 Å². The molecule has 0 aromatic carbocycles. The number of hydrogen-bond acceptors (Lipinski definition) is 4. The van der Waals surface area contributed by atoms with E-state index in [1.807, 2.05) is 0 Å². The van der Waals surface area contributed by atoms with Gasteiger partial charge in [0, 0.05) is 25.0 Å². The molecule has 1 aliphatic carbocycles. The van der Waals surface area contributed by atoms with Gasteiger partial charge < -0.3 is 4.90 Å². The maximum absolute atomic E-state index is 9.17. The van der Waals surface area contributed by atoms with Gasteiger partial charge in [0.2, 0.25) is 0 Å². The van der Waals surface area contributed by atoms with Crippen molar-refractivity contribution in [1.29, 1.82) is 5.26 Å². The van der Waals surface area contributed by atoms with Crippen LogP contribution in [0.15, 0.2) is 12.4 Å². The molecule has 4 nitrogen and oxygen atoms in total. The summed E-state index contributed by atoms with van der Waals surface area (Å²) >= 11 is 0. The first kappa shape index (κ1) is 11.5. The van der Waals surface area contributed by atoms with Crippen LogP contribution < -0.4 is 4.90 Å². The van der Waals surface area contributed by atoms with Crippen molar-refractivity contribution in [2.45, 2.75) is 44.6 Å². The van der Waals surface area contributed by atoms with Gasteiger partial charge in [0.15, 0.2) is 11.5 Å². The molecule has 1 aromatic heterocycles. The van der Waals surface area contributed by atoms with E-state index in [9.17, 15) is 0 Å². The third-order valence-corrected chi connectivity index (χ3v) is 4.30. The van der Waals surface area contributed by atoms with Crippen LogP contribution >= 0.6 is 0 Å². The van der Waals surface area contributed by atoms with Crippen molar-refractivity contribution in [3.8, 4) is 6.07 Å². The van der Waals surface area contributed by atoms with Gasteiger partial charge in [-0.15, -0.1) is 0 Å². The highest BCUT2D eigenvalue weighted by Gasteiger charge is 2.34. The second-order valence-corrected chi connectivity index (χ2v) is 5.29. The molecular formula is C14H18N4. The zero-order chi connectivity index (χ0) is 12.4. The first-order valence-corrected chi connectivity index (χ1v) is 6.88. The normalized spacial score (nSPS) is 27.4. The van der Waals surface area contributed by atoms with Crippen LogP contribution in [-0.2, 0) is 0 Å². The molecule has 2 aliphatic rings. The van der Waals surface area contributed by atoms with E-state index in [2.05, 4.69) is 20.9 Å². The van der Waals surface area contributed by atoms with Gasteiger partial charge in [-0.1, -0.05) is 12.8 Å². The lowest BCUT2D eigenvalue weighted by molar-refractivity contribution is 0.242. The van der Waals surface area contributed by atoms with Crippen molar-refractivity contribution in [3.63, 3.8) is 0 Å². The molecule has 1 saturated heterocycles. The molecule has 0 amide bonds. The summed E-state index contributed by atoms with van der Waals surface area (Å²) < 4.78 is 0. The number of fused-ring (bicyclic) bond motifs is 1. The van der Waals surface area contributed by atoms with Gasteiger partial charge in [-0.3, -0.25) is 0 Å². The Labute approximate surface area is 108 Å². The fourth-order valence-corrected chi connectivity index (χ4v) is 3.51. The van der Waals surface area contributed by atoms with Crippen LogP contribution in [0.25, 0.3) is 0 Å². The average molecular weight is 242 g/mol. The average Bonchev–Trinajstić information content (AvgIpc) is 2.46. The number of piperidine rings is 1. The molecular weight excluding hydrogens is 224 g/mol. The van der Waals surface area contributed by atoms with E-state index in [0.717, 1.165) is 18.3 Å². The molecule has 1 saturated carbocycles. The van der Waals surface area contributed by atoms with E-state index in [0.29, 0.717) is 11.7 Å².